The van der Waals surface area contributed by atoms with E-state index < -0.39 is 188 Å². The fourth-order valence-electron chi connectivity index (χ4n) is 7.50. The molecule has 0 bridgehead atoms. The van der Waals surface area contributed by atoms with Gasteiger partial charge in [0.1, 0.15) is 59.6 Å². The molecule has 1 aromatic carbocycles. The van der Waals surface area contributed by atoms with E-state index in [1.54, 1.807) is 0 Å². The predicted molar refractivity (Wildman–Crippen MR) is 291 cm³/mol. The molecule has 33 heteroatoms. The Bertz CT molecular complexity index is 2990. The second-order valence-corrected chi connectivity index (χ2v) is 19.2. The first-order chi connectivity index (χ1) is 39.1. The first-order valence-corrected chi connectivity index (χ1v) is 26.2. The third kappa shape index (κ3) is 24.1. The van der Waals surface area contributed by atoms with Crippen molar-refractivity contribution >= 4 is 118 Å². The predicted octanol–water partition coefficient (Wildman–Crippen LogP) is -2.37. The highest BCUT2D eigenvalue weighted by molar-refractivity contribution is 7.80. The Morgan fingerprint density at radius 1 is 0.530 bits per heavy atom. The van der Waals surface area contributed by atoms with Gasteiger partial charge in [-0.1, -0.05) is 0 Å². The highest BCUT2D eigenvalue weighted by atomic mass is 32.1. The number of hydrogen-bond acceptors (Lipinski definition) is 21. The zero-order valence-electron chi connectivity index (χ0n) is 45.1. The largest absolute Gasteiger partial charge is 0.481 e. The lowest BCUT2D eigenvalue weighted by atomic mass is 10.0. The summed E-state index contributed by atoms with van der Waals surface area (Å²) in [5.74, 6) is -15.5. The number of hydrogen-bond donors (Lipinski definition) is 15. The van der Waals surface area contributed by atoms with Gasteiger partial charge in [-0.05, 0) is 83.6 Å². The van der Waals surface area contributed by atoms with Crippen LogP contribution in [-0.4, -0.2) is 171 Å². The number of H-pyrrole nitrogens is 1. The van der Waals surface area contributed by atoms with Crippen LogP contribution in [0.15, 0.2) is 35.3 Å². The third-order valence-electron chi connectivity index (χ3n) is 12.0. The molecule has 3 rings (SSSR count). The Morgan fingerprint density at radius 2 is 0.928 bits per heavy atom. The fraction of sp³-hybridized carbons (Fsp3) is 0.480. The second-order valence-electron chi connectivity index (χ2n) is 18.9. The molecular weight excluding hydrogens is 1120 g/mol. The SMILES string of the molecule is CC(=O)CC[C@@H](NC(=O)CC[C@@H](NC(=O)c1ccc(NCc2cnc3nc(N)[nH]c(=O)c3n2)cc1)C(=O)O)C(=O)N[C@H](CCC(=O)O)C(=O)N[C@H](CCC(C)=O)C(=O)N[C@H](CCC(=O)O)C(=O)N[C@H](CCC(C)=O)C(=O)N[C@H](CS)C(=O)O. The molecule has 0 unspecified atom stereocenters. The van der Waals surface area contributed by atoms with Crippen LogP contribution in [0.2, 0.25) is 0 Å². The van der Waals surface area contributed by atoms with Crippen LogP contribution >= 0.6 is 12.6 Å². The number of carboxylic acids is 4. The van der Waals surface area contributed by atoms with Crippen LogP contribution in [-0.2, 0) is 68.9 Å². The van der Waals surface area contributed by atoms with Crippen molar-refractivity contribution < 1.29 is 87.5 Å². The van der Waals surface area contributed by atoms with E-state index in [-0.39, 0.29) is 54.2 Å². The Hall–Kier alpha value is -9.43. The number of fused-ring (bicyclic) bond motifs is 1. The number of amides is 7. The third-order valence-corrected chi connectivity index (χ3v) is 12.4. The minimum Gasteiger partial charge on any atom is -0.481 e. The van der Waals surface area contributed by atoms with E-state index in [9.17, 15) is 92.3 Å². The smallest absolute Gasteiger partial charge is 0.327 e. The van der Waals surface area contributed by atoms with Gasteiger partial charge < -0.3 is 83.1 Å². The summed E-state index contributed by atoms with van der Waals surface area (Å²) >= 11 is 3.88. The average Bonchev–Trinajstić information content (AvgIpc) is 3.50. The van der Waals surface area contributed by atoms with Crippen LogP contribution in [0.4, 0.5) is 11.6 Å². The zero-order valence-corrected chi connectivity index (χ0v) is 46.0. The van der Waals surface area contributed by atoms with E-state index >= 15 is 0 Å². The molecule has 3 aromatic rings. The van der Waals surface area contributed by atoms with Crippen molar-refractivity contribution in [1.82, 2.24) is 57.2 Å². The van der Waals surface area contributed by atoms with Gasteiger partial charge in [-0.25, -0.2) is 19.6 Å². The zero-order chi connectivity index (χ0) is 62.1. The van der Waals surface area contributed by atoms with Crippen LogP contribution in [0.3, 0.4) is 0 Å². The van der Waals surface area contributed by atoms with Gasteiger partial charge in [0.2, 0.25) is 41.4 Å². The minimum absolute atomic E-state index is 0.0157. The normalized spacial score (nSPS) is 13.4. The van der Waals surface area contributed by atoms with Crippen LogP contribution in [0, 0.1) is 0 Å². The molecule has 0 aliphatic rings. The summed E-state index contributed by atoms with van der Waals surface area (Å²) in [6.45, 7) is 3.56. The van der Waals surface area contributed by atoms with Crippen LogP contribution < -0.4 is 53.8 Å². The van der Waals surface area contributed by atoms with Crippen LogP contribution in [0.1, 0.15) is 114 Å². The molecule has 0 aliphatic heterocycles. The van der Waals surface area contributed by atoms with Gasteiger partial charge in [-0.15, -0.1) is 0 Å². The maximum absolute atomic E-state index is 14.0. The molecule has 32 nitrogen and oxygen atoms in total. The molecule has 0 aliphatic carbocycles. The lowest BCUT2D eigenvalue weighted by Gasteiger charge is -2.27. The van der Waals surface area contributed by atoms with E-state index in [0.29, 0.717) is 11.4 Å². The van der Waals surface area contributed by atoms with E-state index in [4.69, 9.17) is 5.73 Å². The van der Waals surface area contributed by atoms with Gasteiger partial charge in [0.25, 0.3) is 11.5 Å². The number of nitrogen functional groups attached to an aromatic ring is 1. The Balaban J connectivity index is 1.77. The molecule has 2 heterocycles. The maximum Gasteiger partial charge on any atom is 0.327 e. The van der Waals surface area contributed by atoms with Crippen molar-refractivity contribution in [2.75, 3.05) is 16.8 Å². The molecule has 0 fully saturated rings. The number of aliphatic carboxylic acids is 4. The van der Waals surface area contributed by atoms with E-state index in [2.05, 4.69) is 75.1 Å². The summed E-state index contributed by atoms with van der Waals surface area (Å²) in [7, 11) is 0. The lowest BCUT2D eigenvalue weighted by molar-refractivity contribution is -0.142. The number of nitrogens with one attached hydrogen (secondary N) is 9. The van der Waals surface area contributed by atoms with Crippen LogP contribution in [0.25, 0.3) is 11.2 Å². The standard InChI is InChI=1S/C50H65N13O19S/c1-23(64)4-11-29(55-36(67)17-14-34(48(79)80)60-41(72)26-7-9-27(10-8-26)52-20-28-21-53-40-39(54-28)47(78)63-50(51)62-40)42(73)58-32(15-18-37(68)69)44(75)56-30(12-5-24(2)65)43(74)59-33(16-19-38(70)71)45(76)57-31(13-6-25(3)66)46(77)61-35(22-83)49(81)82/h7-10,21,29-35,52,83H,4-6,11-20,22H2,1-3H3,(H,55,67)(H,56,75)(H,57,76)(H,58,73)(H,59,74)(H,60,72)(H,61,77)(H,68,69)(H,70,71)(H,79,80)(H,81,82)(H3,51,53,62,63,78)/t29-,30-,31-,32-,33-,34-,35-/m1/s1. The van der Waals surface area contributed by atoms with Crippen molar-refractivity contribution in [3.8, 4) is 0 Å². The van der Waals surface area contributed by atoms with Gasteiger partial charge in [-0.2, -0.15) is 17.6 Å². The first-order valence-electron chi connectivity index (χ1n) is 25.5. The quantitative estimate of drug-likeness (QED) is 0.0268. The van der Waals surface area contributed by atoms with Crippen molar-refractivity contribution in [2.24, 2.45) is 0 Å². The molecule has 15 N–H and O–H groups in total. The van der Waals surface area contributed by atoms with Crippen molar-refractivity contribution in [2.45, 2.75) is 147 Å². The summed E-state index contributed by atoms with van der Waals surface area (Å²) in [5.41, 5.74) is 5.82. The summed E-state index contributed by atoms with van der Waals surface area (Å²) in [6, 6.07) is -6.12. The first kappa shape index (κ1) is 67.8. The summed E-state index contributed by atoms with van der Waals surface area (Å²) in [4.78, 5) is 205. The number of rotatable bonds is 37. The number of aromatic nitrogens is 4. The number of benzene rings is 1. The van der Waals surface area contributed by atoms with Gasteiger partial charge in [0, 0.05) is 55.5 Å². The molecular formula is C50H65N13O19S. The van der Waals surface area contributed by atoms with Gasteiger partial charge in [0.05, 0.1) is 18.4 Å². The summed E-state index contributed by atoms with van der Waals surface area (Å²) in [5, 5.41) is 57.3. The maximum atomic E-state index is 14.0. The van der Waals surface area contributed by atoms with E-state index in [0.717, 1.165) is 6.92 Å². The number of ketones is 3. The Morgan fingerprint density at radius 3 is 1.33 bits per heavy atom. The number of thiol groups is 1. The molecule has 2 aromatic heterocycles. The van der Waals surface area contributed by atoms with Crippen molar-refractivity contribution in [1.29, 1.82) is 0 Å². The number of anilines is 2. The summed E-state index contributed by atoms with van der Waals surface area (Å²) in [6.07, 6.45) is -4.94. The molecule has 7 atom stereocenters. The minimum atomic E-state index is -1.83. The Labute approximate surface area is 476 Å². The highest BCUT2D eigenvalue weighted by Gasteiger charge is 2.34. The number of nitrogens with two attached hydrogens (primary N) is 1. The van der Waals surface area contributed by atoms with Crippen LogP contribution in [0.5, 0.6) is 0 Å². The summed E-state index contributed by atoms with van der Waals surface area (Å²) < 4.78 is 0. The number of aromatic amines is 1. The monoisotopic (exact) mass is 1180 g/mol. The topological polar surface area (TPSA) is 514 Å². The number of carbonyl (C=O) groups excluding carboxylic acids is 10. The second kappa shape index (κ2) is 33.4. The van der Waals surface area contributed by atoms with Gasteiger partial charge in [0.15, 0.2) is 11.2 Å². The van der Waals surface area contributed by atoms with Gasteiger partial charge >= 0.3 is 23.9 Å². The molecule has 0 radical (unpaired) electrons. The van der Waals surface area contributed by atoms with Crippen molar-refractivity contribution in [3.05, 3.63) is 52.1 Å². The number of nitrogens with zero attached hydrogens (tertiary/aromatic N) is 3. The highest BCUT2D eigenvalue weighted by Crippen LogP contribution is 2.14. The number of carboxylic acid groups (broad SMARTS) is 4. The number of Topliss-reactive ketones (excluding diaryl/α,β-unsaturated/α-hetero) is 3. The van der Waals surface area contributed by atoms with E-state index in [1.807, 2.05) is 0 Å². The lowest BCUT2D eigenvalue weighted by Crippen LogP contribution is -2.59. The number of carbonyl (C=O) groups is 14. The molecule has 0 spiro atoms. The molecule has 7 amide bonds. The van der Waals surface area contributed by atoms with Crippen molar-refractivity contribution in [3.63, 3.8) is 0 Å². The Kier molecular flexibility index (Phi) is 27.3. The molecule has 450 valence electrons. The fourth-order valence-corrected chi connectivity index (χ4v) is 7.75. The molecule has 0 saturated carbocycles. The molecule has 83 heavy (non-hydrogen) atoms. The van der Waals surface area contributed by atoms with Gasteiger partial charge in [-0.3, -0.25) is 52.9 Å². The van der Waals surface area contributed by atoms with E-state index in [1.165, 1.54) is 44.3 Å². The molecule has 0 saturated heterocycles. The average molecular weight is 1180 g/mol.